The minimum absolute atomic E-state index is 0.0901. The fourth-order valence-electron chi connectivity index (χ4n) is 5.93. The Hall–Kier alpha value is -4.15. The van der Waals surface area contributed by atoms with E-state index in [-0.39, 0.29) is 19.3 Å². The van der Waals surface area contributed by atoms with Gasteiger partial charge in [0.2, 0.25) is 0 Å². The number of nitrogens with zero attached hydrogens (tertiary/aromatic N) is 4. The van der Waals surface area contributed by atoms with Gasteiger partial charge in [-0.25, -0.2) is 24.5 Å². The maximum absolute atomic E-state index is 12.9. The fraction of sp³-hybridized carbons (Fsp3) is 0.545. The smallest absolute Gasteiger partial charge is 0.408 e. The minimum Gasteiger partial charge on any atom is -0.461 e. The fourth-order valence-corrected chi connectivity index (χ4v) is 5.93. The van der Waals surface area contributed by atoms with Crippen LogP contribution in [0.2, 0.25) is 0 Å². The first-order valence-corrected chi connectivity index (χ1v) is 16.0. The summed E-state index contributed by atoms with van der Waals surface area (Å²) in [6.45, 7) is 8.57. The molecule has 3 N–H and O–H groups in total. The van der Waals surface area contributed by atoms with Crippen molar-refractivity contribution < 1.29 is 19.1 Å². The van der Waals surface area contributed by atoms with Crippen LogP contribution in [0, 0.1) is 0 Å². The summed E-state index contributed by atoms with van der Waals surface area (Å²) in [5, 5.41) is 9.41. The topological polar surface area (TPSA) is 131 Å². The second-order valence-corrected chi connectivity index (χ2v) is 11.8. The van der Waals surface area contributed by atoms with E-state index in [1.807, 2.05) is 12.2 Å². The molecular weight excluding hydrogens is 558 g/mol. The number of nitrogens with one attached hydrogen (secondary N) is 3. The van der Waals surface area contributed by atoms with E-state index in [0.717, 1.165) is 86.6 Å². The van der Waals surface area contributed by atoms with Crippen molar-refractivity contribution in [2.45, 2.75) is 83.8 Å². The number of hydrogen-bond donors (Lipinski definition) is 3. The molecule has 2 aromatic rings. The molecule has 0 saturated carbocycles. The summed E-state index contributed by atoms with van der Waals surface area (Å²) >= 11 is 0. The number of fused-ring (bicyclic) bond motifs is 1. The molecule has 236 valence electrons. The van der Waals surface area contributed by atoms with Crippen LogP contribution in [0.3, 0.4) is 0 Å². The van der Waals surface area contributed by atoms with Gasteiger partial charge in [0.25, 0.3) is 0 Å². The van der Waals surface area contributed by atoms with Crippen molar-refractivity contribution in [1.29, 1.82) is 0 Å². The summed E-state index contributed by atoms with van der Waals surface area (Å²) < 4.78 is 10.8. The Kier molecular flexibility index (Phi) is 10.7. The number of carbonyl (C=O) groups is 2. The highest BCUT2D eigenvalue weighted by Crippen LogP contribution is 2.33. The molecule has 0 unspecified atom stereocenters. The number of hydrogen-bond acceptors (Lipinski definition) is 10. The van der Waals surface area contributed by atoms with Gasteiger partial charge in [-0.15, -0.1) is 0 Å². The summed E-state index contributed by atoms with van der Waals surface area (Å²) in [6.07, 6.45) is 13.4. The number of allylic oxidation sites excluding steroid dienone is 2. The predicted octanol–water partition coefficient (Wildman–Crippen LogP) is 4.91. The molecule has 1 amide bonds. The van der Waals surface area contributed by atoms with Crippen molar-refractivity contribution in [2.75, 3.05) is 48.3 Å². The second-order valence-electron chi connectivity index (χ2n) is 11.8. The zero-order valence-corrected chi connectivity index (χ0v) is 26.1. The summed E-state index contributed by atoms with van der Waals surface area (Å²) in [6, 6.07) is 3.47. The number of amides is 1. The minimum atomic E-state index is -0.960. The van der Waals surface area contributed by atoms with E-state index in [2.05, 4.69) is 56.0 Å². The highest BCUT2D eigenvalue weighted by molar-refractivity contribution is 5.82. The molecule has 44 heavy (non-hydrogen) atoms. The molecule has 0 spiro atoms. The van der Waals surface area contributed by atoms with E-state index < -0.39 is 18.1 Å². The van der Waals surface area contributed by atoms with Gasteiger partial charge in [0, 0.05) is 43.4 Å². The van der Waals surface area contributed by atoms with Crippen LogP contribution >= 0.6 is 0 Å². The van der Waals surface area contributed by atoms with Gasteiger partial charge in [-0.2, -0.15) is 0 Å². The predicted molar refractivity (Wildman–Crippen MR) is 171 cm³/mol. The molecule has 0 aromatic carbocycles. The second kappa shape index (κ2) is 15.0. The Balaban J connectivity index is 1.21. The largest absolute Gasteiger partial charge is 0.461 e. The summed E-state index contributed by atoms with van der Waals surface area (Å²) in [4.78, 5) is 42.0. The van der Waals surface area contributed by atoms with Crippen LogP contribution in [0.1, 0.15) is 75.6 Å². The monoisotopic (exact) mass is 603 g/mol. The maximum atomic E-state index is 12.9. The SMILES string of the molecule is CCc1c(NC[C@H](NC(=O)OCC2=CCCC=C2)C(=O)OC(C)C)ncnc1N1CCC(c2ccc3c(n2)NCCC3)CC1. The van der Waals surface area contributed by atoms with E-state index in [9.17, 15) is 9.59 Å². The Morgan fingerprint density at radius 3 is 2.75 bits per heavy atom. The molecule has 0 bridgehead atoms. The Labute approximate surface area is 259 Å². The van der Waals surface area contributed by atoms with Gasteiger partial charge in [0.15, 0.2) is 0 Å². The van der Waals surface area contributed by atoms with Crippen molar-refractivity contribution in [3.8, 4) is 0 Å². The van der Waals surface area contributed by atoms with Crippen LogP contribution in [-0.2, 0) is 27.1 Å². The number of aryl methyl sites for hydroxylation is 1. The molecule has 2 aromatic heterocycles. The lowest BCUT2D eigenvalue weighted by molar-refractivity contribution is -0.149. The number of rotatable bonds is 11. The Morgan fingerprint density at radius 2 is 2.00 bits per heavy atom. The van der Waals surface area contributed by atoms with Gasteiger partial charge < -0.3 is 30.3 Å². The first-order valence-electron chi connectivity index (χ1n) is 16.0. The maximum Gasteiger partial charge on any atom is 0.408 e. The quantitative estimate of drug-likeness (QED) is 0.305. The van der Waals surface area contributed by atoms with Gasteiger partial charge in [0.05, 0.1) is 6.10 Å². The van der Waals surface area contributed by atoms with Gasteiger partial charge >= 0.3 is 12.1 Å². The van der Waals surface area contributed by atoms with E-state index in [4.69, 9.17) is 14.5 Å². The third kappa shape index (κ3) is 8.06. The van der Waals surface area contributed by atoms with Crippen LogP contribution in [0.4, 0.5) is 22.2 Å². The lowest BCUT2D eigenvalue weighted by Crippen LogP contribution is -2.47. The molecule has 1 atom stereocenters. The number of ether oxygens (including phenoxy) is 2. The van der Waals surface area contributed by atoms with Crippen LogP contribution in [0.15, 0.2) is 42.3 Å². The molecule has 1 saturated heterocycles. The average Bonchev–Trinajstić information content (AvgIpc) is 3.05. The molecule has 4 heterocycles. The van der Waals surface area contributed by atoms with Crippen molar-refractivity contribution in [2.24, 2.45) is 0 Å². The molecular formula is C33H45N7O4. The van der Waals surface area contributed by atoms with Crippen LogP contribution in [0.25, 0.3) is 0 Å². The van der Waals surface area contributed by atoms with Crippen molar-refractivity contribution in [1.82, 2.24) is 20.3 Å². The molecule has 1 fully saturated rings. The molecule has 2 aliphatic heterocycles. The van der Waals surface area contributed by atoms with Gasteiger partial charge in [-0.1, -0.05) is 31.2 Å². The number of piperidine rings is 1. The number of alkyl carbamates (subject to hydrolysis) is 1. The number of pyridine rings is 1. The lowest BCUT2D eigenvalue weighted by Gasteiger charge is -2.34. The lowest BCUT2D eigenvalue weighted by atomic mass is 9.92. The molecule has 0 radical (unpaired) electrons. The highest BCUT2D eigenvalue weighted by atomic mass is 16.6. The zero-order valence-electron chi connectivity index (χ0n) is 26.1. The molecule has 5 rings (SSSR count). The van der Waals surface area contributed by atoms with E-state index in [1.54, 1.807) is 20.2 Å². The van der Waals surface area contributed by atoms with Gasteiger partial charge in [0.1, 0.15) is 36.4 Å². The Bertz CT molecular complexity index is 1370. The number of anilines is 3. The van der Waals surface area contributed by atoms with E-state index >= 15 is 0 Å². The van der Waals surface area contributed by atoms with Gasteiger partial charge in [-0.05, 0) is 76.0 Å². The Morgan fingerprint density at radius 1 is 1.16 bits per heavy atom. The molecule has 11 nitrogen and oxygen atoms in total. The standard InChI is InChI=1S/C33H45N7O4/c1-4-26-30(35-19-28(32(41)44-22(2)3)39-33(42)43-20-23-9-6-5-7-10-23)36-21-37-31(26)40-17-14-24(15-18-40)27-13-12-25-11-8-16-34-29(25)38-27/h6,9-10,12-13,21-22,24,28H,4-5,7-8,11,14-20H2,1-3H3,(H,34,38)(H,39,42)(H,35,36,37)/t28-/m0/s1. The molecule has 1 aliphatic carbocycles. The van der Waals surface area contributed by atoms with Crippen molar-refractivity contribution >= 4 is 29.5 Å². The first-order chi connectivity index (χ1) is 21.4. The summed E-state index contributed by atoms with van der Waals surface area (Å²) in [5.74, 6) is 2.45. The van der Waals surface area contributed by atoms with Crippen LogP contribution < -0.4 is 20.9 Å². The third-order valence-electron chi connectivity index (χ3n) is 8.25. The zero-order chi connectivity index (χ0) is 30.9. The molecule has 11 heteroatoms. The number of carbonyl (C=O) groups excluding carboxylic acids is 2. The normalized spacial score (nSPS) is 17.3. The average molecular weight is 604 g/mol. The molecule has 3 aliphatic rings. The summed E-state index contributed by atoms with van der Waals surface area (Å²) in [7, 11) is 0. The van der Waals surface area contributed by atoms with Crippen molar-refractivity contribution in [3.63, 3.8) is 0 Å². The summed E-state index contributed by atoms with van der Waals surface area (Å²) in [5.41, 5.74) is 4.38. The number of esters is 1. The highest BCUT2D eigenvalue weighted by Gasteiger charge is 2.28. The number of aromatic nitrogens is 3. The van der Waals surface area contributed by atoms with Crippen LogP contribution in [0.5, 0.6) is 0 Å². The van der Waals surface area contributed by atoms with Crippen LogP contribution in [-0.4, -0.2) is 71.9 Å². The van der Waals surface area contributed by atoms with E-state index in [1.165, 1.54) is 5.56 Å². The van der Waals surface area contributed by atoms with Gasteiger partial charge in [-0.3, -0.25) is 0 Å². The first kappa shape index (κ1) is 31.3. The van der Waals surface area contributed by atoms with E-state index in [0.29, 0.717) is 18.2 Å². The third-order valence-corrected chi connectivity index (χ3v) is 8.25. The van der Waals surface area contributed by atoms with Crippen molar-refractivity contribution in [3.05, 3.63) is 59.1 Å².